The summed E-state index contributed by atoms with van der Waals surface area (Å²) in [5.41, 5.74) is 0. The molecule has 2 rings (SSSR count). The van der Waals surface area contributed by atoms with Gasteiger partial charge in [0.25, 0.3) is 5.22 Å². The molecule has 0 bridgehead atoms. The second-order valence-electron chi connectivity index (χ2n) is 3.24. The first-order valence-electron chi connectivity index (χ1n) is 4.40. The molecule has 1 aliphatic rings. The molecule has 1 N–H and O–H groups in total. The minimum absolute atomic E-state index is 0.211. The van der Waals surface area contributed by atoms with E-state index >= 15 is 0 Å². The molecular weight excluding hydrogens is 188 g/mol. The van der Waals surface area contributed by atoms with Crippen molar-refractivity contribution in [2.75, 3.05) is 0 Å². The zero-order valence-corrected chi connectivity index (χ0v) is 8.25. The van der Waals surface area contributed by atoms with Gasteiger partial charge in [-0.25, -0.2) is 0 Å². The fourth-order valence-corrected chi connectivity index (χ4v) is 2.59. The molecule has 0 radical (unpaired) electrons. The van der Waals surface area contributed by atoms with Crippen LogP contribution in [0.15, 0.2) is 9.64 Å². The maximum atomic E-state index is 9.55. The number of aliphatic hydroxyl groups is 1. The molecule has 5 heteroatoms. The van der Waals surface area contributed by atoms with E-state index in [0.29, 0.717) is 11.1 Å². The van der Waals surface area contributed by atoms with E-state index in [-0.39, 0.29) is 11.4 Å². The molecule has 1 heterocycles. The minimum atomic E-state index is -0.211. The van der Waals surface area contributed by atoms with E-state index in [1.165, 1.54) is 11.8 Å². The SMILES string of the molecule is Cc1nnc(S[C@H]2CCC[C@@H]2O)o1. The van der Waals surface area contributed by atoms with Gasteiger partial charge in [-0.2, -0.15) is 0 Å². The van der Waals surface area contributed by atoms with Crippen molar-refractivity contribution in [3.8, 4) is 0 Å². The molecule has 1 aromatic heterocycles. The van der Waals surface area contributed by atoms with Gasteiger partial charge in [0.1, 0.15) is 0 Å². The molecule has 0 unspecified atom stereocenters. The van der Waals surface area contributed by atoms with Gasteiger partial charge in [0.05, 0.1) is 6.10 Å². The van der Waals surface area contributed by atoms with Crippen molar-refractivity contribution in [2.24, 2.45) is 0 Å². The quantitative estimate of drug-likeness (QED) is 0.781. The Hall–Kier alpha value is -0.550. The van der Waals surface area contributed by atoms with E-state index < -0.39 is 0 Å². The lowest BCUT2D eigenvalue weighted by Gasteiger charge is -2.09. The highest BCUT2D eigenvalue weighted by atomic mass is 32.2. The highest BCUT2D eigenvalue weighted by Gasteiger charge is 2.27. The lowest BCUT2D eigenvalue weighted by Crippen LogP contribution is -2.14. The fraction of sp³-hybridized carbons (Fsp3) is 0.750. The van der Waals surface area contributed by atoms with Gasteiger partial charge in [0.2, 0.25) is 5.89 Å². The summed E-state index contributed by atoms with van der Waals surface area (Å²) in [5, 5.41) is 18.0. The van der Waals surface area contributed by atoms with Crippen molar-refractivity contribution < 1.29 is 9.52 Å². The molecule has 1 aromatic rings. The summed E-state index contributed by atoms with van der Waals surface area (Å²) in [6.07, 6.45) is 2.81. The van der Waals surface area contributed by atoms with Crippen molar-refractivity contribution in [3.05, 3.63) is 5.89 Å². The third-order valence-corrected chi connectivity index (χ3v) is 3.40. The lowest BCUT2D eigenvalue weighted by molar-refractivity contribution is 0.187. The van der Waals surface area contributed by atoms with Crippen molar-refractivity contribution >= 4 is 11.8 Å². The molecule has 1 fully saturated rings. The average Bonchev–Trinajstić information content (AvgIpc) is 2.64. The Morgan fingerprint density at radius 3 is 2.85 bits per heavy atom. The smallest absolute Gasteiger partial charge is 0.276 e. The zero-order valence-electron chi connectivity index (χ0n) is 7.43. The second kappa shape index (κ2) is 3.67. The Morgan fingerprint density at radius 2 is 2.31 bits per heavy atom. The van der Waals surface area contributed by atoms with Crippen LogP contribution in [0.4, 0.5) is 0 Å². The first-order chi connectivity index (χ1) is 6.25. The van der Waals surface area contributed by atoms with Crippen LogP contribution in [0.3, 0.4) is 0 Å². The van der Waals surface area contributed by atoms with E-state index in [0.717, 1.165) is 19.3 Å². The third kappa shape index (κ3) is 2.03. The lowest BCUT2D eigenvalue weighted by atomic mass is 10.3. The third-order valence-electron chi connectivity index (χ3n) is 2.18. The van der Waals surface area contributed by atoms with E-state index in [4.69, 9.17) is 4.42 Å². The molecule has 13 heavy (non-hydrogen) atoms. The van der Waals surface area contributed by atoms with Gasteiger partial charge >= 0.3 is 0 Å². The topological polar surface area (TPSA) is 59.2 Å². The van der Waals surface area contributed by atoms with E-state index in [2.05, 4.69) is 10.2 Å². The summed E-state index contributed by atoms with van der Waals surface area (Å²) in [5.74, 6) is 0.579. The van der Waals surface area contributed by atoms with E-state index in [1.54, 1.807) is 6.92 Å². The van der Waals surface area contributed by atoms with Crippen LogP contribution >= 0.6 is 11.8 Å². The second-order valence-corrected chi connectivity index (χ2v) is 4.43. The van der Waals surface area contributed by atoms with Crippen molar-refractivity contribution in [1.82, 2.24) is 10.2 Å². The molecule has 0 spiro atoms. The molecule has 0 aromatic carbocycles. The first kappa shape index (κ1) is 9.02. The summed E-state index contributed by atoms with van der Waals surface area (Å²) in [4.78, 5) is 0. The van der Waals surface area contributed by atoms with Crippen molar-refractivity contribution in [2.45, 2.75) is 42.8 Å². The minimum Gasteiger partial charge on any atom is -0.416 e. The van der Waals surface area contributed by atoms with Gasteiger partial charge in [-0.1, -0.05) is 11.8 Å². The van der Waals surface area contributed by atoms with Crippen LogP contribution in [0, 0.1) is 6.92 Å². The number of aliphatic hydroxyl groups excluding tert-OH is 1. The first-order valence-corrected chi connectivity index (χ1v) is 5.28. The Balaban J connectivity index is 1.97. The van der Waals surface area contributed by atoms with Crippen molar-refractivity contribution in [1.29, 1.82) is 0 Å². The number of hydrogen-bond donors (Lipinski definition) is 1. The maximum absolute atomic E-state index is 9.55. The predicted octanol–water partition coefficient (Wildman–Crippen LogP) is 1.38. The average molecular weight is 200 g/mol. The Bertz CT molecular complexity index is 289. The monoisotopic (exact) mass is 200 g/mol. The van der Waals surface area contributed by atoms with Gasteiger partial charge < -0.3 is 9.52 Å². The van der Waals surface area contributed by atoms with E-state index in [9.17, 15) is 5.11 Å². The van der Waals surface area contributed by atoms with Crippen LogP contribution in [0.1, 0.15) is 25.2 Å². The van der Waals surface area contributed by atoms with Crippen molar-refractivity contribution in [3.63, 3.8) is 0 Å². The summed E-state index contributed by atoms with van der Waals surface area (Å²) in [6.45, 7) is 1.77. The predicted molar refractivity (Wildman–Crippen MR) is 48.5 cm³/mol. The molecule has 1 saturated carbocycles. The Morgan fingerprint density at radius 1 is 1.46 bits per heavy atom. The van der Waals surface area contributed by atoms with Gasteiger partial charge in [0, 0.05) is 12.2 Å². The number of hydrogen-bond acceptors (Lipinski definition) is 5. The summed E-state index contributed by atoms with van der Waals surface area (Å²) >= 11 is 1.49. The maximum Gasteiger partial charge on any atom is 0.276 e. The Kier molecular flexibility index (Phi) is 2.55. The Labute approximate surface area is 80.7 Å². The summed E-state index contributed by atoms with van der Waals surface area (Å²) < 4.78 is 5.22. The summed E-state index contributed by atoms with van der Waals surface area (Å²) in [7, 11) is 0. The molecule has 1 aliphatic carbocycles. The molecule has 4 nitrogen and oxygen atoms in total. The van der Waals surface area contributed by atoms with Crippen LogP contribution in [0.25, 0.3) is 0 Å². The van der Waals surface area contributed by atoms with Gasteiger partial charge in [-0.3, -0.25) is 0 Å². The molecular formula is C8H12N2O2S. The van der Waals surface area contributed by atoms with Crippen LogP contribution in [0.5, 0.6) is 0 Å². The van der Waals surface area contributed by atoms with Gasteiger partial charge in [0.15, 0.2) is 0 Å². The zero-order chi connectivity index (χ0) is 9.26. The number of rotatable bonds is 2. The molecule has 2 atom stereocenters. The van der Waals surface area contributed by atoms with Crippen LogP contribution < -0.4 is 0 Å². The van der Waals surface area contributed by atoms with Gasteiger partial charge in [-0.15, -0.1) is 10.2 Å². The molecule has 0 saturated heterocycles. The number of nitrogens with zero attached hydrogens (tertiary/aromatic N) is 2. The number of aromatic nitrogens is 2. The normalized spacial score (nSPS) is 28.2. The molecule has 0 aliphatic heterocycles. The standard InChI is InChI=1S/C8H12N2O2S/c1-5-9-10-8(12-5)13-7-4-2-3-6(7)11/h6-7,11H,2-4H2,1H3/t6-,7-/m0/s1. The molecule has 0 amide bonds. The fourth-order valence-electron chi connectivity index (χ4n) is 1.50. The largest absolute Gasteiger partial charge is 0.416 e. The highest BCUT2D eigenvalue weighted by molar-refractivity contribution is 7.99. The molecule has 72 valence electrons. The number of thioether (sulfide) groups is 1. The van der Waals surface area contributed by atoms with Crippen LogP contribution in [0.2, 0.25) is 0 Å². The van der Waals surface area contributed by atoms with Crippen LogP contribution in [-0.4, -0.2) is 26.7 Å². The van der Waals surface area contributed by atoms with E-state index in [1.807, 2.05) is 0 Å². The van der Waals surface area contributed by atoms with Crippen LogP contribution in [-0.2, 0) is 0 Å². The highest BCUT2D eigenvalue weighted by Crippen LogP contribution is 2.34. The number of aryl methyl sites for hydroxylation is 1. The van der Waals surface area contributed by atoms with Gasteiger partial charge in [-0.05, 0) is 19.3 Å². The summed E-state index contributed by atoms with van der Waals surface area (Å²) in [6, 6.07) is 0.